The molecule has 0 aliphatic heterocycles. The van der Waals surface area contributed by atoms with Crippen molar-refractivity contribution < 1.29 is 0 Å². The fourth-order valence-electron chi connectivity index (χ4n) is 2.35. The Morgan fingerprint density at radius 2 is 1.81 bits per heavy atom. The summed E-state index contributed by atoms with van der Waals surface area (Å²) >= 11 is 1.85. The van der Waals surface area contributed by atoms with Crippen LogP contribution in [-0.4, -0.2) is 62.1 Å². The molecule has 6 heteroatoms. The van der Waals surface area contributed by atoms with E-state index in [1.54, 1.807) is 0 Å². The van der Waals surface area contributed by atoms with Crippen molar-refractivity contribution >= 4 is 41.7 Å². The van der Waals surface area contributed by atoms with E-state index in [9.17, 15) is 0 Å². The van der Waals surface area contributed by atoms with Gasteiger partial charge in [0.2, 0.25) is 0 Å². The Hall–Kier alpha value is 0.310. The molecular weight excluding hydrogens is 395 g/mol. The summed E-state index contributed by atoms with van der Waals surface area (Å²) in [7, 11) is 1.84. The van der Waals surface area contributed by atoms with Crippen molar-refractivity contribution in [3.8, 4) is 0 Å². The van der Waals surface area contributed by atoms with Crippen LogP contribution in [0.3, 0.4) is 0 Å². The van der Waals surface area contributed by atoms with Crippen LogP contribution in [0.5, 0.6) is 0 Å². The van der Waals surface area contributed by atoms with Crippen LogP contribution in [0.15, 0.2) is 4.99 Å². The lowest BCUT2D eigenvalue weighted by molar-refractivity contribution is 0.191. The van der Waals surface area contributed by atoms with Crippen molar-refractivity contribution in [1.82, 2.24) is 15.5 Å². The van der Waals surface area contributed by atoms with Crippen LogP contribution in [0, 0.1) is 5.92 Å². The molecule has 0 amide bonds. The van der Waals surface area contributed by atoms with Gasteiger partial charge in [-0.3, -0.25) is 9.89 Å². The van der Waals surface area contributed by atoms with Gasteiger partial charge in [-0.05, 0) is 31.7 Å². The van der Waals surface area contributed by atoms with Crippen LogP contribution in [-0.2, 0) is 0 Å². The Kier molecular flexibility index (Phi) is 17.1. The standard InChI is InChI=1S/C15H34N4S.HI/c1-7-19(8-2)14(11-13(3)4)12-18-15(16-5)17-9-10-20-6;/h13-14H,7-12H2,1-6H3,(H2,16,17,18);1H. The third kappa shape index (κ3) is 11.5. The highest BCUT2D eigenvalue weighted by Crippen LogP contribution is 2.10. The van der Waals surface area contributed by atoms with Crippen LogP contribution in [0.4, 0.5) is 0 Å². The highest BCUT2D eigenvalue weighted by atomic mass is 127. The van der Waals surface area contributed by atoms with Gasteiger partial charge in [0.1, 0.15) is 0 Å². The lowest BCUT2D eigenvalue weighted by Crippen LogP contribution is -2.48. The van der Waals surface area contributed by atoms with E-state index in [2.05, 4.69) is 54.5 Å². The zero-order valence-electron chi connectivity index (χ0n) is 14.6. The quantitative estimate of drug-likeness (QED) is 0.242. The van der Waals surface area contributed by atoms with Crippen LogP contribution >= 0.6 is 35.7 Å². The highest BCUT2D eigenvalue weighted by Gasteiger charge is 2.17. The first-order chi connectivity index (χ1) is 9.58. The van der Waals surface area contributed by atoms with Crippen molar-refractivity contribution in [3.63, 3.8) is 0 Å². The van der Waals surface area contributed by atoms with Crippen LogP contribution < -0.4 is 10.6 Å². The molecule has 0 rings (SSSR count). The summed E-state index contributed by atoms with van der Waals surface area (Å²) in [5.74, 6) is 2.74. The van der Waals surface area contributed by atoms with Gasteiger partial charge >= 0.3 is 0 Å². The smallest absolute Gasteiger partial charge is 0.191 e. The number of nitrogens with one attached hydrogen (secondary N) is 2. The molecule has 1 unspecified atom stereocenters. The Labute approximate surface area is 153 Å². The lowest BCUT2D eigenvalue weighted by atomic mass is 10.0. The average molecular weight is 430 g/mol. The van der Waals surface area contributed by atoms with Gasteiger partial charge in [0, 0.05) is 31.9 Å². The highest BCUT2D eigenvalue weighted by molar-refractivity contribution is 14.0. The Balaban J connectivity index is 0. The largest absolute Gasteiger partial charge is 0.356 e. The molecule has 0 saturated heterocycles. The van der Waals surface area contributed by atoms with Crippen LogP contribution in [0.1, 0.15) is 34.1 Å². The molecular formula is C15H35IN4S. The number of aliphatic imine (C=N–C) groups is 1. The Morgan fingerprint density at radius 3 is 2.24 bits per heavy atom. The van der Waals surface area contributed by atoms with Crippen LogP contribution in [0.25, 0.3) is 0 Å². The number of rotatable bonds is 10. The van der Waals surface area contributed by atoms with Crippen LogP contribution in [0.2, 0.25) is 0 Å². The summed E-state index contributed by atoms with van der Waals surface area (Å²) < 4.78 is 0. The monoisotopic (exact) mass is 430 g/mol. The summed E-state index contributed by atoms with van der Waals surface area (Å²) in [4.78, 5) is 6.82. The predicted octanol–water partition coefficient (Wildman–Crippen LogP) is 2.89. The van der Waals surface area contributed by atoms with E-state index in [-0.39, 0.29) is 24.0 Å². The second-order valence-electron chi connectivity index (χ2n) is 5.38. The van der Waals surface area contributed by atoms with Gasteiger partial charge in [-0.25, -0.2) is 0 Å². The van der Waals surface area contributed by atoms with Crippen molar-refractivity contribution in [2.75, 3.05) is 45.2 Å². The topological polar surface area (TPSA) is 39.7 Å². The maximum absolute atomic E-state index is 4.29. The summed E-state index contributed by atoms with van der Waals surface area (Å²) in [5.41, 5.74) is 0. The summed E-state index contributed by atoms with van der Waals surface area (Å²) in [6.07, 6.45) is 3.34. The van der Waals surface area contributed by atoms with Gasteiger partial charge in [0.05, 0.1) is 0 Å². The molecule has 0 aliphatic carbocycles. The molecule has 0 aliphatic rings. The van der Waals surface area contributed by atoms with Crippen molar-refractivity contribution in [1.29, 1.82) is 0 Å². The molecule has 0 fully saturated rings. The van der Waals surface area contributed by atoms with Gasteiger partial charge in [0.25, 0.3) is 0 Å². The molecule has 0 aromatic rings. The Bertz CT molecular complexity index is 258. The minimum Gasteiger partial charge on any atom is -0.356 e. The fraction of sp³-hybridized carbons (Fsp3) is 0.933. The fourth-order valence-corrected chi connectivity index (χ4v) is 2.66. The van der Waals surface area contributed by atoms with Gasteiger partial charge in [0.15, 0.2) is 5.96 Å². The minimum absolute atomic E-state index is 0. The van der Waals surface area contributed by atoms with Gasteiger partial charge < -0.3 is 10.6 Å². The molecule has 0 spiro atoms. The molecule has 0 aromatic carbocycles. The first-order valence-corrected chi connectivity index (χ1v) is 9.15. The molecule has 4 nitrogen and oxygen atoms in total. The number of hydrogen-bond acceptors (Lipinski definition) is 3. The van der Waals surface area contributed by atoms with E-state index in [1.807, 2.05) is 18.8 Å². The van der Waals surface area contributed by atoms with Crippen molar-refractivity contribution in [2.24, 2.45) is 10.9 Å². The van der Waals surface area contributed by atoms with E-state index in [4.69, 9.17) is 0 Å². The van der Waals surface area contributed by atoms with Crippen molar-refractivity contribution in [2.45, 2.75) is 40.2 Å². The number of thioether (sulfide) groups is 1. The zero-order chi connectivity index (χ0) is 15.4. The molecule has 1 atom stereocenters. The molecule has 21 heavy (non-hydrogen) atoms. The predicted molar refractivity (Wildman–Crippen MR) is 109 cm³/mol. The van der Waals surface area contributed by atoms with Crippen molar-refractivity contribution in [3.05, 3.63) is 0 Å². The first-order valence-electron chi connectivity index (χ1n) is 7.76. The van der Waals surface area contributed by atoms with Gasteiger partial charge in [-0.1, -0.05) is 27.7 Å². The maximum Gasteiger partial charge on any atom is 0.191 e. The third-order valence-electron chi connectivity index (χ3n) is 3.40. The summed E-state index contributed by atoms with van der Waals surface area (Å²) in [6.45, 7) is 13.2. The molecule has 0 heterocycles. The summed E-state index contributed by atoms with van der Waals surface area (Å²) in [5, 5.41) is 6.82. The minimum atomic E-state index is 0. The van der Waals surface area contributed by atoms with Gasteiger partial charge in [-0.2, -0.15) is 11.8 Å². The van der Waals surface area contributed by atoms with E-state index >= 15 is 0 Å². The third-order valence-corrected chi connectivity index (χ3v) is 4.01. The van der Waals surface area contributed by atoms with E-state index in [0.717, 1.165) is 37.9 Å². The number of guanidine groups is 1. The normalized spacial score (nSPS) is 13.2. The molecule has 2 N–H and O–H groups in total. The lowest BCUT2D eigenvalue weighted by Gasteiger charge is -2.31. The number of likely N-dealkylation sites (N-methyl/N-ethyl adjacent to an activating group) is 1. The first kappa shape index (κ1) is 23.6. The van der Waals surface area contributed by atoms with E-state index in [1.165, 1.54) is 6.42 Å². The molecule has 0 radical (unpaired) electrons. The second-order valence-corrected chi connectivity index (χ2v) is 6.36. The molecule has 0 bridgehead atoms. The van der Waals surface area contributed by atoms with E-state index < -0.39 is 0 Å². The number of hydrogen-bond donors (Lipinski definition) is 2. The number of nitrogens with zero attached hydrogens (tertiary/aromatic N) is 2. The number of halogens is 1. The molecule has 0 saturated carbocycles. The Morgan fingerprint density at radius 1 is 1.19 bits per heavy atom. The molecule has 0 aromatic heterocycles. The average Bonchev–Trinajstić information content (AvgIpc) is 2.43. The van der Waals surface area contributed by atoms with E-state index in [0.29, 0.717) is 12.0 Å². The maximum atomic E-state index is 4.29. The van der Waals surface area contributed by atoms with Gasteiger partial charge in [-0.15, -0.1) is 24.0 Å². The second kappa shape index (κ2) is 15.2. The summed E-state index contributed by atoms with van der Waals surface area (Å²) in [6, 6.07) is 0.573. The zero-order valence-corrected chi connectivity index (χ0v) is 17.8. The SMILES string of the molecule is CCN(CC)C(CNC(=NC)NCCSC)CC(C)C.I. The molecule has 128 valence electrons.